The van der Waals surface area contributed by atoms with Crippen LogP contribution in [-0.4, -0.2) is 25.9 Å². The molecule has 0 saturated carbocycles. The van der Waals surface area contributed by atoms with Crippen LogP contribution >= 0.6 is 0 Å². The average molecular weight is 213 g/mol. The second-order valence-electron chi connectivity index (χ2n) is 2.92. The van der Waals surface area contributed by atoms with E-state index in [1.54, 1.807) is 13.8 Å². The van der Waals surface area contributed by atoms with E-state index >= 15 is 0 Å². The molecule has 0 saturated heterocycles. The fourth-order valence-corrected chi connectivity index (χ4v) is 1.30. The van der Waals surface area contributed by atoms with Crippen molar-refractivity contribution in [3.63, 3.8) is 0 Å². The van der Waals surface area contributed by atoms with Gasteiger partial charge in [0, 0.05) is 6.08 Å². The monoisotopic (exact) mass is 213 g/mol. The summed E-state index contributed by atoms with van der Waals surface area (Å²) < 4.78 is 25.2. The van der Waals surface area contributed by atoms with Crippen molar-refractivity contribution in [1.82, 2.24) is 4.72 Å². The molecule has 6 heteroatoms. The van der Waals surface area contributed by atoms with E-state index in [9.17, 15) is 8.42 Å². The number of hydrogen-bond acceptors (Lipinski definition) is 4. The molecule has 1 rings (SSSR count). The van der Waals surface area contributed by atoms with Gasteiger partial charge in [-0.1, -0.05) is 0 Å². The van der Waals surface area contributed by atoms with Gasteiger partial charge in [-0.25, -0.2) is 13.4 Å². The Kier molecular flexibility index (Phi) is 3.22. The Labute approximate surface area is 83.0 Å². The third-order valence-corrected chi connectivity index (χ3v) is 3.25. The summed E-state index contributed by atoms with van der Waals surface area (Å²) in [5.41, 5.74) is 0. The second kappa shape index (κ2) is 4.21. The first-order valence-corrected chi connectivity index (χ1v) is 5.60. The summed E-state index contributed by atoms with van der Waals surface area (Å²) in [5, 5.41) is -0.494. The first-order valence-electron chi connectivity index (χ1n) is 4.05. The lowest BCUT2D eigenvalue weighted by Crippen LogP contribution is -2.29. The van der Waals surface area contributed by atoms with E-state index in [4.69, 9.17) is 0 Å². The zero-order valence-corrected chi connectivity index (χ0v) is 8.75. The van der Waals surface area contributed by atoms with Crippen LogP contribution in [0.25, 0.3) is 0 Å². The lowest BCUT2D eigenvalue weighted by atomic mass is 10.5. The maximum Gasteiger partial charge on any atom is 0.236 e. The topological polar surface area (TPSA) is 70.9 Å². The summed E-state index contributed by atoms with van der Waals surface area (Å²) in [4.78, 5) is 7.39. The second-order valence-corrected chi connectivity index (χ2v) is 5.15. The fraction of sp³-hybridized carbons (Fsp3) is 0.375. The quantitative estimate of drug-likeness (QED) is 0.738. The van der Waals surface area contributed by atoms with Gasteiger partial charge in [0.25, 0.3) is 0 Å². The van der Waals surface area contributed by atoms with Crippen molar-refractivity contribution < 1.29 is 8.42 Å². The maximum atomic E-state index is 11.4. The summed E-state index contributed by atoms with van der Waals surface area (Å²) in [6, 6.07) is 0. The number of rotatable bonds is 3. The Morgan fingerprint density at radius 3 is 2.86 bits per heavy atom. The van der Waals surface area contributed by atoms with Gasteiger partial charge in [0.1, 0.15) is 12.2 Å². The molecule has 0 radical (unpaired) electrons. The molecule has 0 amide bonds. The van der Waals surface area contributed by atoms with E-state index in [1.165, 1.54) is 18.5 Å². The standard InChI is InChI=1S/C8H11N3O2S/c1-7(2)14(12,13)11-8-4-3-5-9-6-10-8/h3-4,6-7,11H,1-2H3. The smallest absolute Gasteiger partial charge is 0.236 e. The van der Waals surface area contributed by atoms with E-state index in [0.29, 0.717) is 0 Å². The highest BCUT2D eigenvalue weighted by Gasteiger charge is 2.16. The Balaban J connectivity index is 2.81. The molecule has 1 aliphatic heterocycles. The molecule has 0 fully saturated rings. The van der Waals surface area contributed by atoms with Crippen LogP contribution in [0.4, 0.5) is 0 Å². The molecule has 0 aromatic heterocycles. The van der Waals surface area contributed by atoms with Gasteiger partial charge in [-0.2, -0.15) is 4.99 Å². The molecular weight excluding hydrogens is 202 g/mol. The lowest BCUT2D eigenvalue weighted by Gasteiger charge is -2.09. The molecule has 0 aromatic rings. The average Bonchev–Trinajstić information content (AvgIpc) is 2.32. The van der Waals surface area contributed by atoms with Gasteiger partial charge in [0.05, 0.1) is 5.25 Å². The van der Waals surface area contributed by atoms with Crippen molar-refractivity contribution in [2.24, 2.45) is 9.98 Å². The van der Waals surface area contributed by atoms with Gasteiger partial charge < -0.3 is 0 Å². The molecule has 14 heavy (non-hydrogen) atoms. The Morgan fingerprint density at radius 1 is 1.50 bits per heavy atom. The molecule has 0 aliphatic carbocycles. The first-order chi connectivity index (χ1) is 6.52. The van der Waals surface area contributed by atoms with Crippen LogP contribution in [0.15, 0.2) is 28.0 Å². The van der Waals surface area contributed by atoms with Crippen LogP contribution in [0, 0.1) is 0 Å². The Bertz CT molecular complexity index is 426. The minimum Gasteiger partial charge on any atom is -0.267 e. The van der Waals surface area contributed by atoms with E-state index in [2.05, 4.69) is 20.6 Å². The number of allylic oxidation sites excluding steroid dienone is 2. The predicted molar refractivity (Wildman–Crippen MR) is 55.8 cm³/mol. The summed E-state index contributed by atoms with van der Waals surface area (Å²) in [6.07, 6.45) is 4.22. The highest BCUT2D eigenvalue weighted by Crippen LogP contribution is 2.02. The van der Waals surface area contributed by atoms with Gasteiger partial charge in [-0.15, -0.1) is 0 Å². The first kappa shape index (κ1) is 10.7. The molecular formula is C8H11N3O2S. The summed E-state index contributed by atoms with van der Waals surface area (Å²) in [6.45, 7) is 3.19. The Hall–Kier alpha value is -1.39. The van der Waals surface area contributed by atoms with Crippen LogP contribution < -0.4 is 4.72 Å². The van der Waals surface area contributed by atoms with Crippen LogP contribution in [0.2, 0.25) is 0 Å². The van der Waals surface area contributed by atoms with E-state index in [0.717, 1.165) is 0 Å². The van der Waals surface area contributed by atoms with Crippen LogP contribution in [0.5, 0.6) is 0 Å². The fourth-order valence-electron chi connectivity index (χ4n) is 0.651. The molecule has 0 aromatic carbocycles. The largest absolute Gasteiger partial charge is 0.267 e. The molecule has 0 bridgehead atoms. The van der Waals surface area contributed by atoms with Crippen LogP contribution in [-0.2, 0) is 10.0 Å². The van der Waals surface area contributed by atoms with E-state index < -0.39 is 15.3 Å². The van der Waals surface area contributed by atoms with E-state index in [-0.39, 0.29) is 5.82 Å². The maximum absolute atomic E-state index is 11.4. The molecule has 0 atom stereocenters. The third kappa shape index (κ3) is 2.83. The Morgan fingerprint density at radius 2 is 2.21 bits per heavy atom. The van der Waals surface area contributed by atoms with Crippen molar-refractivity contribution in [2.75, 3.05) is 0 Å². The van der Waals surface area contributed by atoms with Gasteiger partial charge in [-0.05, 0) is 25.8 Å². The minimum atomic E-state index is -3.34. The molecule has 1 heterocycles. The van der Waals surface area contributed by atoms with Crippen molar-refractivity contribution in [3.8, 4) is 0 Å². The molecule has 76 valence electrons. The molecule has 0 spiro atoms. The van der Waals surface area contributed by atoms with E-state index in [1.807, 2.05) is 0 Å². The zero-order valence-electron chi connectivity index (χ0n) is 7.93. The van der Waals surface area contributed by atoms with Crippen molar-refractivity contribution in [2.45, 2.75) is 19.1 Å². The minimum absolute atomic E-state index is 0.243. The summed E-state index contributed by atoms with van der Waals surface area (Å²) >= 11 is 0. The van der Waals surface area contributed by atoms with Gasteiger partial charge in [-0.3, -0.25) is 4.72 Å². The van der Waals surface area contributed by atoms with Crippen molar-refractivity contribution in [1.29, 1.82) is 0 Å². The summed E-state index contributed by atoms with van der Waals surface area (Å²) in [5.74, 6) is 2.77. The summed E-state index contributed by atoms with van der Waals surface area (Å²) in [7, 11) is -3.34. The van der Waals surface area contributed by atoms with Crippen LogP contribution in [0.1, 0.15) is 13.8 Å². The highest BCUT2D eigenvalue weighted by molar-refractivity contribution is 7.90. The van der Waals surface area contributed by atoms with Gasteiger partial charge >= 0.3 is 0 Å². The highest BCUT2D eigenvalue weighted by atomic mass is 32.2. The number of hydrogen-bond donors (Lipinski definition) is 1. The van der Waals surface area contributed by atoms with Gasteiger partial charge in [0.2, 0.25) is 10.0 Å². The number of sulfonamides is 1. The molecule has 5 nitrogen and oxygen atoms in total. The normalized spacial score (nSPS) is 15.5. The van der Waals surface area contributed by atoms with Crippen molar-refractivity contribution in [3.05, 3.63) is 18.0 Å². The van der Waals surface area contributed by atoms with Crippen LogP contribution in [0.3, 0.4) is 0 Å². The zero-order chi connectivity index (χ0) is 10.6. The van der Waals surface area contributed by atoms with Crippen molar-refractivity contribution >= 4 is 22.2 Å². The molecule has 1 aliphatic rings. The number of nitrogens with zero attached hydrogens (tertiary/aromatic N) is 2. The SMILES string of the molecule is CC(C)S(=O)(=O)NC1=CC=C=NC=N1. The lowest BCUT2D eigenvalue weighted by molar-refractivity contribution is 0.579. The number of nitrogens with one attached hydrogen (secondary N) is 1. The molecule has 1 N–H and O–H groups in total. The van der Waals surface area contributed by atoms with Gasteiger partial charge in [0.15, 0.2) is 0 Å². The number of aliphatic imine (C=N–C) groups is 2. The third-order valence-electron chi connectivity index (χ3n) is 1.51. The molecule has 0 unspecified atom stereocenters. The predicted octanol–water partition coefficient (Wildman–Crippen LogP) is 0.423.